The molecule has 1 aliphatic rings. The minimum atomic E-state index is -0.113. The van der Waals surface area contributed by atoms with Gasteiger partial charge in [0.15, 0.2) is 0 Å². The average molecular weight is 272 g/mol. The molecule has 0 saturated carbocycles. The standard InChI is InChI=1S/C9H10BrN3O2/c1-12-4-6(10)7(11-12)5-13-8(14)2-3-9(13)15/h4H,2-3,5H2,1H3. The predicted octanol–water partition coefficient (Wildman–Crippen LogP) is 0.832. The minimum absolute atomic E-state index is 0.113. The first-order valence-corrected chi connectivity index (χ1v) is 5.38. The summed E-state index contributed by atoms with van der Waals surface area (Å²) in [6.45, 7) is 0.263. The Balaban J connectivity index is 2.18. The lowest BCUT2D eigenvalue weighted by Crippen LogP contribution is -2.28. The summed E-state index contributed by atoms with van der Waals surface area (Å²) in [4.78, 5) is 24.0. The van der Waals surface area contributed by atoms with E-state index < -0.39 is 0 Å². The zero-order chi connectivity index (χ0) is 11.0. The number of carbonyl (C=O) groups excluding carboxylic acids is 2. The molecule has 15 heavy (non-hydrogen) atoms. The van der Waals surface area contributed by atoms with Crippen LogP contribution in [0.2, 0.25) is 0 Å². The van der Waals surface area contributed by atoms with Crippen LogP contribution in [0.1, 0.15) is 18.5 Å². The third kappa shape index (κ3) is 1.94. The molecule has 1 aromatic heterocycles. The average Bonchev–Trinajstić information content (AvgIpc) is 2.63. The van der Waals surface area contributed by atoms with Crippen LogP contribution in [0, 0.1) is 0 Å². The van der Waals surface area contributed by atoms with Crippen LogP contribution in [-0.4, -0.2) is 26.5 Å². The lowest BCUT2D eigenvalue weighted by atomic mass is 10.4. The van der Waals surface area contributed by atoms with Crippen molar-refractivity contribution in [2.75, 3.05) is 0 Å². The molecular formula is C9H10BrN3O2. The van der Waals surface area contributed by atoms with E-state index >= 15 is 0 Å². The van der Waals surface area contributed by atoms with Crippen molar-refractivity contribution in [2.24, 2.45) is 7.05 Å². The van der Waals surface area contributed by atoms with E-state index in [4.69, 9.17) is 0 Å². The highest BCUT2D eigenvalue weighted by atomic mass is 79.9. The van der Waals surface area contributed by atoms with Crippen LogP contribution in [0.25, 0.3) is 0 Å². The lowest BCUT2D eigenvalue weighted by molar-refractivity contribution is -0.139. The summed E-state index contributed by atoms with van der Waals surface area (Å²) >= 11 is 3.33. The molecule has 1 fully saturated rings. The number of aromatic nitrogens is 2. The number of aryl methyl sites for hydroxylation is 1. The number of hydrogen-bond acceptors (Lipinski definition) is 3. The van der Waals surface area contributed by atoms with Crippen molar-refractivity contribution in [3.05, 3.63) is 16.4 Å². The number of amides is 2. The van der Waals surface area contributed by atoms with Gasteiger partial charge in [0.25, 0.3) is 0 Å². The van der Waals surface area contributed by atoms with E-state index in [9.17, 15) is 9.59 Å². The normalized spacial score (nSPS) is 16.5. The second-order valence-corrected chi connectivity index (χ2v) is 4.33. The number of imide groups is 1. The fourth-order valence-corrected chi connectivity index (χ4v) is 2.06. The van der Waals surface area contributed by atoms with Crippen LogP contribution in [0.15, 0.2) is 10.7 Å². The van der Waals surface area contributed by atoms with Crippen LogP contribution in [0.4, 0.5) is 0 Å². The monoisotopic (exact) mass is 271 g/mol. The summed E-state index contributed by atoms with van der Waals surface area (Å²) in [6, 6.07) is 0. The van der Waals surface area contributed by atoms with Gasteiger partial charge in [-0.15, -0.1) is 0 Å². The van der Waals surface area contributed by atoms with Crippen molar-refractivity contribution >= 4 is 27.7 Å². The maximum atomic E-state index is 11.4. The lowest BCUT2D eigenvalue weighted by Gasteiger charge is -2.11. The number of nitrogens with zero attached hydrogens (tertiary/aromatic N) is 3. The molecule has 1 aromatic rings. The van der Waals surface area contributed by atoms with Gasteiger partial charge in [-0.25, -0.2) is 0 Å². The molecule has 0 aliphatic carbocycles. The van der Waals surface area contributed by atoms with Crippen LogP contribution >= 0.6 is 15.9 Å². The Morgan fingerprint density at radius 1 is 1.40 bits per heavy atom. The van der Waals surface area contributed by atoms with Crippen molar-refractivity contribution in [3.8, 4) is 0 Å². The Kier molecular flexibility index (Phi) is 2.60. The van der Waals surface area contributed by atoms with Crippen LogP contribution in [0.5, 0.6) is 0 Å². The van der Waals surface area contributed by atoms with E-state index in [0.717, 1.165) is 4.47 Å². The highest BCUT2D eigenvalue weighted by Crippen LogP contribution is 2.20. The molecule has 0 spiro atoms. The smallest absolute Gasteiger partial charge is 0.230 e. The first kappa shape index (κ1) is 10.4. The SMILES string of the molecule is Cn1cc(Br)c(CN2C(=O)CCC2=O)n1. The second kappa shape index (κ2) is 3.77. The number of rotatable bonds is 2. The molecule has 1 aliphatic heterocycles. The van der Waals surface area contributed by atoms with Crippen molar-refractivity contribution in [3.63, 3.8) is 0 Å². The van der Waals surface area contributed by atoms with Crippen LogP contribution < -0.4 is 0 Å². The van der Waals surface area contributed by atoms with Gasteiger partial charge in [0.05, 0.1) is 16.7 Å². The Morgan fingerprint density at radius 3 is 2.47 bits per heavy atom. The van der Waals surface area contributed by atoms with E-state index in [1.165, 1.54) is 4.90 Å². The molecule has 2 heterocycles. The molecule has 0 bridgehead atoms. The Labute approximate surface area is 95.2 Å². The van der Waals surface area contributed by atoms with Crippen molar-refractivity contribution < 1.29 is 9.59 Å². The second-order valence-electron chi connectivity index (χ2n) is 3.47. The van der Waals surface area contributed by atoms with Crippen LogP contribution in [0.3, 0.4) is 0 Å². The van der Waals surface area contributed by atoms with E-state index in [1.807, 2.05) is 0 Å². The predicted molar refractivity (Wildman–Crippen MR) is 55.7 cm³/mol. The third-order valence-electron chi connectivity index (χ3n) is 2.32. The van der Waals surface area contributed by atoms with E-state index in [2.05, 4.69) is 21.0 Å². The summed E-state index contributed by atoms with van der Waals surface area (Å²) < 4.78 is 2.46. The third-order valence-corrected chi connectivity index (χ3v) is 2.98. The minimum Gasteiger partial charge on any atom is -0.276 e. The molecule has 0 aromatic carbocycles. The molecular weight excluding hydrogens is 262 g/mol. The molecule has 2 rings (SSSR count). The van der Waals surface area contributed by atoms with Gasteiger partial charge < -0.3 is 0 Å². The molecule has 6 heteroatoms. The molecule has 80 valence electrons. The van der Waals surface area contributed by atoms with Crippen molar-refractivity contribution in [2.45, 2.75) is 19.4 Å². The van der Waals surface area contributed by atoms with Crippen molar-refractivity contribution in [1.29, 1.82) is 0 Å². The molecule has 2 amide bonds. The van der Waals surface area contributed by atoms with Gasteiger partial charge in [-0.05, 0) is 15.9 Å². The van der Waals surface area contributed by atoms with Gasteiger partial charge in [-0.3, -0.25) is 19.2 Å². The van der Waals surface area contributed by atoms with E-state index in [0.29, 0.717) is 18.5 Å². The van der Waals surface area contributed by atoms with Gasteiger partial charge in [-0.2, -0.15) is 5.10 Å². The number of likely N-dealkylation sites (tertiary alicyclic amines) is 1. The van der Waals surface area contributed by atoms with Crippen molar-refractivity contribution in [1.82, 2.24) is 14.7 Å². The molecule has 0 radical (unpaired) electrons. The van der Waals surface area contributed by atoms with Gasteiger partial charge in [0.1, 0.15) is 0 Å². The highest BCUT2D eigenvalue weighted by Gasteiger charge is 2.29. The fourth-order valence-electron chi connectivity index (χ4n) is 1.56. The van der Waals surface area contributed by atoms with Gasteiger partial charge >= 0.3 is 0 Å². The Bertz CT molecular complexity index is 411. The number of carbonyl (C=O) groups is 2. The Morgan fingerprint density at radius 2 is 2.00 bits per heavy atom. The summed E-state index contributed by atoms with van der Waals surface area (Å²) in [5.41, 5.74) is 0.709. The van der Waals surface area contributed by atoms with E-state index in [-0.39, 0.29) is 18.4 Å². The largest absolute Gasteiger partial charge is 0.276 e. The summed E-state index contributed by atoms with van der Waals surface area (Å²) in [5.74, 6) is -0.227. The molecule has 0 unspecified atom stereocenters. The molecule has 0 N–H and O–H groups in total. The molecule has 5 nitrogen and oxygen atoms in total. The molecule has 0 atom stereocenters. The molecule has 1 saturated heterocycles. The summed E-state index contributed by atoms with van der Waals surface area (Å²) in [6.07, 6.45) is 2.44. The highest BCUT2D eigenvalue weighted by molar-refractivity contribution is 9.10. The Hall–Kier alpha value is -1.17. The number of hydrogen-bond donors (Lipinski definition) is 0. The maximum absolute atomic E-state index is 11.4. The summed E-state index contributed by atoms with van der Waals surface area (Å²) in [5, 5.41) is 4.17. The first-order chi connectivity index (χ1) is 7.08. The topological polar surface area (TPSA) is 55.2 Å². The van der Waals surface area contributed by atoms with Gasteiger partial charge in [0.2, 0.25) is 11.8 Å². The van der Waals surface area contributed by atoms with Crippen LogP contribution in [-0.2, 0) is 23.2 Å². The summed E-state index contributed by atoms with van der Waals surface area (Å²) in [7, 11) is 1.79. The van der Waals surface area contributed by atoms with Gasteiger partial charge in [0, 0.05) is 26.1 Å². The zero-order valence-corrected chi connectivity index (χ0v) is 9.82. The van der Waals surface area contributed by atoms with E-state index in [1.54, 1.807) is 17.9 Å². The fraction of sp³-hybridized carbons (Fsp3) is 0.444. The quantitative estimate of drug-likeness (QED) is 0.749. The van der Waals surface area contributed by atoms with Gasteiger partial charge in [-0.1, -0.05) is 0 Å². The first-order valence-electron chi connectivity index (χ1n) is 4.59. The zero-order valence-electron chi connectivity index (χ0n) is 8.23. The maximum Gasteiger partial charge on any atom is 0.230 e. The number of halogens is 1.